The fourth-order valence-electron chi connectivity index (χ4n) is 3.72. The predicted octanol–water partition coefficient (Wildman–Crippen LogP) is 1.23. The van der Waals surface area contributed by atoms with Crippen molar-refractivity contribution in [2.75, 3.05) is 26.2 Å². The van der Waals surface area contributed by atoms with E-state index >= 15 is 0 Å². The Kier molecular flexibility index (Phi) is 4.14. The number of benzene rings is 1. The van der Waals surface area contributed by atoms with Gasteiger partial charge in [-0.25, -0.2) is 4.98 Å². The topological polar surface area (TPSA) is 67.2 Å². The van der Waals surface area contributed by atoms with Crippen LogP contribution >= 0.6 is 15.9 Å². The number of nitrogens with zero attached hydrogens (tertiary/aromatic N) is 3. The lowest BCUT2D eigenvalue weighted by atomic mass is 10.0. The molecule has 1 aromatic heterocycles. The van der Waals surface area contributed by atoms with Crippen LogP contribution in [-0.4, -0.2) is 46.5 Å². The molecule has 126 valence electrons. The highest BCUT2D eigenvalue weighted by molar-refractivity contribution is 9.10. The van der Waals surface area contributed by atoms with E-state index in [1.807, 2.05) is 17.0 Å². The van der Waals surface area contributed by atoms with E-state index in [0.717, 1.165) is 30.7 Å². The molecule has 1 N–H and O–H groups in total. The molecular weight excluding hydrogens is 372 g/mol. The second-order valence-electron chi connectivity index (χ2n) is 6.63. The van der Waals surface area contributed by atoms with Crippen LogP contribution < -0.4 is 10.9 Å². The van der Waals surface area contributed by atoms with Crippen LogP contribution in [0.3, 0.4) is 0 Å². The summed E-state index contributed by atoms with van der Waals surface area (Å²) in [6.07, 6.45) is 1.88. The molecule has 0 saturated carbocycles. The Morgan fingerprint density at radius 3 is 2.79 bits per heavy atom. The molecule has 2 fully saturated rings. The number of rotatable bonds is 3. The molecule has 3 heterocycles. The third-order valence-corrected chi connectivity index (χ3v) is 5.59. The zero-order chi connectivity index (χ0) is 16.7. The first-order chi connectivity index (χ1) is 11.6. The highest BCUT2D eigenvalue weighted by atomic mass is 79.9. The number of aromatic nitrogens is 2. The van der Waals surface area contributed by atoms with E-state index in [2.05, 4.69) is 26.2 Å². The maximum atomic E-state index is 12.5. The first-order valence-corrected chi connectivity index (χ1v) is 9.04. The van der Waals surface area contributed by atoms with E-state index in [1.54, 1.807) is 6.07 Å². The minimum atomic E-state index is -0.100. The molecule has 0 radical (unpaired) electrons. The lowest BCUT2D eigenvalue weighted by molar-refractivity contribution is -0.130. The van der Waals surface area contributed by atoms with Gasteiger partial charge in [-0.05, 0) is 30.0 Å². The summed E-state index contributed by atoms with van der Waals surface area (Å²) in [5, 5.41) is 3.95. The van der Waals surface area contributed by atoms with Gasteiger partial charge in [0.1, 0.15) is 0 Å². The maximum Gasteiger partial charge on any atom is 0.261 e. The van der Waals surface area contributed by atoms with E-state index < -0.39 is 0 Å². The lowest BCUT2D eigenvalue weighted by Crippen LogP contribution is -2.33. The summed E-state index contributed by atoms with van der Waals surface area (Å²) in [6.45, 7) is 4.08. The second kappa shape index (κ2) is 6.29. The fourth-order valence-corrected chi connectivity index (χ4v) is 4.08. The number of likely N-dealkylation sites (tertiary alicyclic amines) is 1. The monoisotopic (exact) mass is 390 g/mol. The molecule has 1 amide bonds. The van der Waals surface area contributed by atoms with Gasteiger partial charge < -0.3 is 10.2 Å². The molecule has 7 heteroatoms. The van der Waals surface area contributed by atoms with Crippen LogP contribution in [0.15, 0.2) is 33.8 Å². The number of carbonyl (C=O) groups is 1. The number of halogens is 1. The summed E-state index contributed by atoms with van der Waals surface area (Å²) in [7, 11) is 0. The van der Waals surface area contributed by atoms with Crippen LogP contribution in [0, 0.1) is 11.8 Å². The third-order valence-electron chi connectivity index (χ3n) is 5.09. The summed E-state index contributed by atoms with van der Waals surface area (Å²) >= 11 is 3.38. The molecule has 2 atom stereocenters. The predicted molar refractivity (Wildman–Crippen MR) is 94.7 cm³/mol. The van der Waals surface area contributed by atoms with Crippen LogP contribution in [0.4, 0.5) is 0 Å². The molecule has 0 aliphatic carbocycles. The number of nitrogens with one attached hydrogen (secondary N) is 1. The zero-order valence-corrected chi connectivity index (χ0v) is 14.8. The number of amides is 1. The van der Waals surface area contributed by atoms with Gasteiger partial charge in [0.15, 0.2) is 0 Å². The van der Waals surface area contributed by atoms with E-state index in [4.69, 9.17) is 0 Å². The van der Waals surface area contributed by atoms with Gasteiger partial charge in [-0.1, -0.05) is 15.9 Å². The highest BCUT2D eigenvalue weighted by Gasteiger charge is 2.37. The summed E-state index contributed by atoms with van der Waals surface area (Å²) in [5.74, 6) is 1.32. The number of hydrogen-bond donors (Lipinski definition) is 1. The fraction of sp³-hybridized carbons (Fsp3) is 0.471. The molecule has 1 aromatic carbocycles. The minimum absolute atomic E-state index is 0.100. The molecular formula is C17H19BrN4O2. The van der Waals surface area contributed by atoms with Crippen molar-refractivity contribution < 1.29 is 4.79 Å². The van der Waals surface area contributed by atoms with Gasteiger partial charge in [-0.15, -0.1) is 0 Å². The van der Waals surface area contributed by atoms with Gasteiger partial charge in [0, 0.05) is 43.6 Å². The molecule has 2 saturated heterocycles. The van der Waals surface area contributed by atoms with Crippen molar-refractivity contribution in [1.82, 2.24) is 19.8 Å². The zero-order valence-electron chi connectivity index (χ0n) is 13.2. The average Bonchev–Trinajstić information content (AvgIpc) is 3.16. The summed E-state index contributed by atoms with van der Waals surface area (Å²) in [6, 6.07) is 5.45. The number of fused-ring (bicyclic) bond motifs is 2. The Bertz CT molecular complexity index is 838. The third kappa shape index (κ3) is 2.86. The molecule has 4 rings (SSSR count). The largest absolute Gasteiger partial charge is 0.342 e. The van der Waals surface area contributed by atoms with Crippen LogP contribution in [0.5, 0.6) is 0 Å². The molecule has 2 aliphatic heterocycles. The van der Waals surface area contributed by atoms with Crippen LogP contribution in [0.2, 0.25) is 0 Å². The van der Waals surface area contributed by atoms with E-state index in [-0.39, 0.29) is 11.5 Å². The summed E-state index contributed by atoms with van der Waals surface area (Å²) in [4.78, 5) is 31.2. The standard InChI is InChI=1S/C17H19BrN4O2/c18-13-1-2-15-14(5-13)17(24)21(10-20-15)4-3-16(23)22-8-11-6-19-7-12(11)9-22/h1-2,5,10-12,19H,3-4,6-9H2/t11-,12+. The smallest absolute Gasteiger partial charge is 0.261 e. The molecule has 0 bridgehead atoms. The number of hydrogen-bond acceptors (Lipinski definition) is 4. The van der Waals surface area contributed by atoms with Crippen molar-refractivity contribution in [1.29, 1.82) is 0 Å². The van der Waals surface area contributed by atoms with Crippen molar-refractivity contribution in [3.8, 4) is 0 Å². The Morgan fingerprint density at radius 1 is 1.29 bits per heavy atom. The Morgan fingerprint density at radius 2 is 2.04 bits per heavy atom. The van der Waals surface area contributed by atoms with Gasteiger partial charge in [-0.2, -0.15) is 0 Å². The van der Waals surface area contributed by atoms with E-state index in [0.29, 0.717) is 35.7 Å². The van der Waals surface area contributed by atoms with E-state index in [9.17, 15) is 9.59 Å². The van der Waals surface area contributed by atoms with Crippen molar-refractivity contribution >= 4 is 32.7 Å². The molecule has 2 aliphatic rings. The quantitative estimate of drug-likeness (QED) is 0.855. The van der Waals surface area contributed by atoms with Crippen LogP contribution in [0.25, 0.3) is 10.9 Å². The average molecular weight is 391 g/mol. The van der Waals surface area contributed by atoms with Crippen molar-refractivity contribution in [3.63, 3.8) is 0 Å². The van der Waals surface area contributed by atoms with Gasteiger partial charge in [0.05, 0.1) is 17.2 Å². The van der Waals surface area contributed by atoms with Gasteiger partial charge in [0.2, 0.25) is 5.91 Å². The first kappa shape index (κ1) is 15.8. The molecule has 0 spiro atoms. The van der Waals surface area contributed by atoms with Gasteiger partial charge >= 0.3 is 0 Å². The molecule has 6 nitrogen and oxygen atoms in total. The SMILES string of the molecule is O=C(CCn1cnc2ccc(Br)cc2c1=O)N1C[C@H]2CNC[C@H]2C1. The van der Waals surface area contributed by atoms with Crippen molar-refractivity contribution in [2.45, 2.75) is 13.0 Å². The van der Waals surface area contributed by atoms with Crippen LogP contribution in [0.1, 0.15) is 6.42 Å². The molecule has 2 aromatic rings. The normalized spacial score (nSPS) is 23.0. The highest BCUT2D eigenvalue weighted by Crippen LogP contribution is 2.26. The summed E-state index contributed by atoms with van der Waals surface area (Å²) in [5.41, 5.74) is 0.572. The Labute approximate surface area is 148 Å². The molecule has 24 heavy (non-hydrogen) atoms. The van der Waals surface area contributed by atoms with Gasteiger partial charge in [-0.3, -0.25) is 14.2 Å². The Hall–Kier alpha value is -1.73. The van der Waals surface area contributed by atoms with E-state index in [1.165, 1.54) is 10.9 Å². The summed E-state index contributed by atoms with van der Waals surface area (Å²) < 4.78 is 2.38. The van der Waals surface area contributed by atoms with Crippen molar-refractivity contribution in [2.24, 2.45) is 11.8 Å². The maximum absolute atomic E-state index is 12.5. The lowest BCUT2D eigenvalue weighted by Gasteiger charge is -2.17. The second-order valence-corrected chi connectivity index (χ2v) is 7.55. The number of carbonyl (C=O) groups excluding carboxylic acids is 1. The Balaban J connectivity index is 1.46. The minimum Gasteiger partial charge on any atom is -0.342 e. The first-order valence-electron chi connectivity index (χ1n) is 8.25. The van der Waals surface area contributed by atoms with Crippen molar-refractivity contribution in [3.05, 3.63) is 39.4 Å². The van der Waals surface area contributed by atoms with Gasteiger partial charge in [0.25, 0.3) is 5.56 Å². The number of aryl methyl sites for hydroxylation is 1. The molecule has 0 unspecified atom stereocenters. The van der Waals surface area contributed by atoms with Crippen LogP contribution in [-0.2, 0) is 11.3 Å².